The summed E-state index contributed by atoms with van der Waals surface area (Å²) in [5.41, 5.74) is 6.70. The molecule has 1 amide bonds. The van der Waals surface area contributed by atoms with E-state index in [-0.39, 0.29) is 11.7 Å². The summed E-state index contributed by atoms with van der Waals surface area (Å²) in [4.78, 5) is 29.7. The Morgan fingerprint density at radius 3 is 2.35 bits per heavy atom. The molecule has 6 nitrogen and oxygen atoms in total. The van der Waals surface area contributed by atoms with Gasteiger partial charge in [-0.3, -0.25) is 19.3 Å². The van der Waals surface area contributed by atoms with Gasteiger partial charge in [-0.25, -0.2) is 0 Å². The Morgan fingerprint density at radius 1 is 0.971 bits per heavy atom. The molecule has 0 spiro atoms. The zero-order chi connectivity index (χ0) is 23.7. The minimum absolute atomic E-state index is 0.0629. The molecule has 0 atom stereocenters. The number of fused-ring (bicyclic) bond motifs is 1. The summed E-state index contributed by atoms with van der Waals surface area (Å²) < 4.78 is 1.77. The molecule has 4 aromatic rings. The number of hydrogen-bond acceptors (Lipinski definition) is 4. The van der Waals surface area contributed by atoms with E-state index in [0.717, 1.165) is 27.9 Å². The van der Waals surface area contributed by atoms with Crippen LogP contribution in [0.15, 0.2) is 73.1 Å². The zero-order valence-corrected chi connectivity index (χ0v) is 19.3. The topological polar surface area (TPSA) is 76.9 Å². The average molecular weight is 451 g/mol. The summed E-state index contributed by atoms with van der Waals surface area (Å²) in [5.74, 6) is 0.387. The zero-order valence-electron chi connectivity index (χ0n) is 19.3. The first kappa shape index (κ1) is 21.8. The Bertz CT molecular complexity index is 1340. The number of nitrogens with zero attached hydrogens (tertiary/aromatic N) is 3. The van der Waals surface area contributed by atoms with Crippen molar-refractivity contribution >= 4 is 11.7 Å². The number of nitrogens with one attached hydrogen (secondary N) is 1. The average Bonchev–Trinajstić information content (AvgIpc) is 3.26. The number of carbonyl (C=O) groups is 2. The fourth-order valence-corrected chi connectivity index (χ4v) is 4.33. The molecule has 3 heterocycles. The first-order chi connectivity index (χ1) is 16.5. The molecule has 170 valence electrons. The van der Waals surface area contributed by atoms with Crippen LogP contribution in [0.2, 0.25) is 0 Å². The third-order valence-corrected chi connectivity index (χ3v) is 6.24. The summed E-state index contributed by atoms with van der Waals surface area (Å²) >= 11 is 0. The normalized spacial score (nSPS) is 13.0. The van der Waals surface area contributed by atoms with Crippen LogP contribution in [-0.4, -0.2) is 33.0 Å². The minimum atomic E-state index is -0.140. The minimum Gasteiger partial charge on any atom is -0.349 e. The van der Waals surface area contributed by atoms with E-state index in [1.807, 2.05) is 48.5 Å². The van der Waals surface area contributed by atoms with Gasteiger partial charge in [0.15, 0.2) is 5.78 Å². The van der Waals surface area contributed by atoms with Gasteiger partial charge in [-0.15, -0.1) is 0 Å². The molecular formula is C28H26N4O2. The predicted octanol–water partition coefficient (Wildman–Crippen LogP) is 4.90. The van der Waals surface area contributed by atoms with E-state index in [0.29, 0.717) is 36.7 Å². The lowest BCUT2D eigenvalue weighted by atomic mass is 9.95. The molecule has 6 heteroatoms. The van der Waals surface area contributed by atoms with Crippen LogP contribution in [0, 0.1) is 0 Å². The van der Waals surface area contributed by atoms with Crippen molar-refractivity contribution in [2.45, 2.75) is 32.7 Å². The number of hydrogen-bond donors (Lipinski definition) is 1. The van der Waals surface area contributed by atoms with Gasteiger partial charge in [0.1, 0.15) is 11.4 Å². The number of Topliss-reactive ketones (excluding diaryl/α,β-unsaturated/α-hetero) is 1. The largest absolute Gasteiger partial charge is 0.349 e. The van der Waals surface area contributed by atoms with Gasteiger partial charge in [0, 0.05) is 42.0 Å². The van der Waals surface area contributed by atoms with Crippen molar-refractivity contribution < 1.29 is 9.59 Å². The van der Waals surface area contributed by atoms with E-state index in [2.05, 4.69) is 36.3 Å². The van der Waals surface area contributed by atoms with Gasteiger partial charge in [-0.2, -0.15) is 5.10 Å². The molecule has 2 aromatic heterocycles. The van der Waals surface area contributed by atoms with E-state index in [1.165, 1.54) is 5.56 Å². The molecule has 2 aromatic carbocycles. The van der Waals surface area contributed by atoms with E-state index < -0.39 is 0 Å². The standard InChI is InChI=1S/C28H26N4O2/c1-18(2)20-5-3-19(4-6-20)17-24(33)21-7-9-22(10-8-21)25-26(23-11-13-29-14-12-23)31-32-16-15-30-28(34)27(25)32/h3-14,18H,15-17H2,1-2H3,(H,30,34). The van der Waals surface area contributed by atoms with Gasteiger partial charge < -0.3 is 5.32 Å². The lowest BCUT2D eigenvalue weighted by Crippen LogP contribution is -2.35. The van der Waals surface area contributed by atoms with E-state index in [1.54, 1.807) is 17.1 Å². The number of ketones is 1. The van der Waals surface area contributed by atoms with Crippen LogP contribution >= 0.6 is 0 Å². The van der Waals surface area contributed by atoms with Crippen molar-refractivity contribution in [2.75, 3.05) is 6.54 Å². The molecule has 0 bridgehead atoms. The highest BCUT2D eigenvalue weighted by Gasteiger charge is 2.28. The van der Waals surface area contributed by atoms with Gasteiger partial charge in [0.05, 0.1) is 6.54 Å². The first-order valence-electron chi connectivity index (χ1n) is 11.5. The molecule has 1 N–H and O–H groups in total. The molecule has 1 aliphatic rings. The fourth-order valence-electron chi connectivity index (χ4n) is 4.33. The van der Waals surface area contributed by atoms with Crippen LogP contribution in [0.4, 0.5) is 0 Å². The maximum Gasteiger partial charge on any atom is 0.270 e. The second-order valence-electron chi connectivity index (χ2n) is 8.86. The number of pyridine rings is 1. The van der Waals surface area contributed by atoms with Crippen LogP contribution in [0.5, 0.6) is 0 Å². The maximum atomic E-state index is 12.9. The number of aromatic nitrogens is 3. The van der Waals surface area contributed by atoms with E-state index >= 15 is 0 Å². The van der Waals surface area contributed by atoms with E-state index in [9.17, 15) is 9.59 Å². The Balaban J connectivity index is 1.46. The Hall–Kier alpha value is -4.06. The maximum absolute atomic E-state index is 12.9. The molecule has 0 unspecified atom stereocenters. The Kier molecular flexibility index (Phi) is 5.80. The van der Waals surface area contributed by atoms with Crippen LogP contribution in [0.25, 0.3) is 22.4 Å². The lowest BCUT2D eigenvalue weighted by molar-refractivity contribution is 0.0924. The molecular weight excluding hydrogens is 424 g/mol. The third kappa shape index (κ3) is 4.15. The highest BCUT2D eigenvalue weighted by Crippen LogP contribution is 2.35. The molecule has 0 saturated heterocycles. The highest BCUT2D eigenvalue weighted by atomic mass is 16.2. The van der Waals surface area contributed by atoms with Crippen molar-refractivity contribution in [2.24, 2.45) is 0 Å². The van der Waals surface area contributed by atoms with Gasteiger partial charge in [0.25, 0.3) is 5.91 Å². The van der Waals surface area contributed by atoms with Crippen LogP contribution in [0.3, 0.4) is 0 Å². The van der Waals surface area contributed by atoms with Crippen LogP contribution in [0.1, 0.15) is 51.7 Å². The fraction of sp³-hybridized carbons (Fsp3) is 0.214. The molecule has 34 heavy (non-hydrogen) atoms. The second kappa shape index (κ2) is 9.06. The molecule has 1 aliphatic heterocycles. The van der Waals surface area contributed by atoms with Crippen molar-refractivity contribution in [3.63, 3.8) is 0 Å². The summed E-state index contributed by atoms with van der Waals surface area (Å²) in [6.07, 6.45) is 3.78. The predicted molar refractivity (Wildman–Crippen MR) is 132 cm³/mol. The second-order valence-corrected chi connectivity index (χ2v) is 8.86. The van der Waals surface area contributed by atoms with Gasteiger partial charge >= 0.3 is 0 Å². The summed E-state index contributed by atoms with van der Waals surface area (Å²) in [6, 6.07) is 19.5. The summed E-state index contributed by atoms with van der Waals surface area (Å²) in [6.45, 7) is 5.48. The molecule has 0 radical (unpaired) electrons. The summed E-state index contributed by atoms with van der Waals surface area (Å²) in [5, 5.41) is 7.66. The van der Waals surface area contributed by atoms with Gasteiger partial charge in [-0.1, -0.05) is 62.4 Å². The first-order valence-corrected chi connectivity index (χ1v) is 11.5. The van der Waals surface area contributed by atoms with E-state index in [4.69, 9.17) is 5.10 Å². The number of rotatable bonds is 6. The Morgan fingerprint density at radius 2 is 1.68 bits per heavy atom. The smallest absolute Gasteiger partial charge is 0.270 e. The van der Waals surface area contributed by atoms with Crippen molar-refractivity contribution in [3.8, 4) is 22.4 Å². The van der Waals surface area contributed by atoms with Gasteiger partial charge in [0.2, 0.25) is 0 Å². The number of benzene rings is 2. The Labute approximate surface area is 198 Å². The molecule has 0 aliphatic carbocycles. The van der Waals surface area contributed by atoms with Crippen LogP contribution in [-0.2, 0) is 13.0 Å². The lowest BCUT2D eigenvalue weighted by Gasteiger charge is -2.15. The number of carbonyl (C=O) groups excluding carboxylic acids is 2. The monoisotopic (exact) mass is 450 g/mol. The third-order valence-electron chi connectivity index (χ3n) is 6.24. The van der Waals surface area contributed by atoms with Crippen molar-refractivity contribution in [1.82, 2.24) is 20.1 Å². The van der Waals surface area contributed by atoms with Crippen LogP contribution < -0.4 is 5.32 Å². The molecule has 0 saturated carbocycles. The van der Waals surface area contributed by atoms with Crippen molar-refractivity contribution in [1.29, 1.82) is 0 Å². The number of amides is 1. The van der Waals surface area contributed by atoms with Crippen molar-refractivity contribution in [3.05, 3.63) is 95.4 Å². The quantitative estimate of drug-likeness (QED) is 0.424. The SMILES string of the molecule is CC(C)c1ccc(CC(=O)c2ccc(-c3c(-c4ccncc4)nn4c3C(=O)NCC4)cc2)cc1. The highest BCUT2D eigenvalue weighted by molar-refractivity contribution is 6.04. The van der Waals surface area contributed by atoms with Gasteiger partial charge in [-0.05, 0) is 34.7 Å². The molecule has 5 rings (SSSR count). The summed E-state index contributed by atoms with van der Waals surface area (Å²) in [7, 11) is 0. The molecule has 0 fully saturated rings.